The van der Waals surface area contributed by atoms with Gasteiger partial charge in [0.1, 0.15) is 10.7 Å². The lowest BCUT2D eigenvalue weighted by Gasteiger charge is -2.11. The zero-order valence-electron chi connectivity index (χ0n) is 10.4. The Bertz CT molecular complexity index is 773. The largest absolute Gasteiger partial charge is 0.416 e. The molecule has 2 aromatic rings. The number of halogens is 4. The minimum Gasteiger partial charge on any atom is -0.261 e. The monoisotopic (exact) mass is 340 g/mol. The summed E-state index contributed by atoms with van der Waals surface area (Å²) >= 11 is 5.67. The van der Waals surface area contributed by atoms with Crippen molar-refractivity contribution in [3.8, 4) is 0 Å². The van der Waals surface area contributed by atoms with Crippen LogP contribution in [-0.2, 0) is 16.2 Å². The van der Waals surface area contributed by atoms with Crippen LogP contribution in [0.3, 0.4) is 0 Å². The molecule has 0 amide bonds. The highest BCUT2D eigenvalue weighted by atomic mass is 35.5. The van der Waals surface area contributed by atoms with Gasteiger partial charge in [0, 0.05) is 0 Å². The Hall–Kier alpha value is -1.81. The first-order chi connectivity index (χ1) is 9.59. The molecule has 2 N–H and O–H groups in total. The molecule has 114 valence electrons. The van der Waals surface area contributed by atoms with Crippen LogP contribution < -0.4 is 4.72 Å². The molecular formula is C10H8ClF3N4O2S. The van der Waals surface area contributed by atoms with Crippen LogP contribution >= 0.6 is 11.6 Å². The number of alkyl halides is 3. The first-order valence-corrected chi connectivity index (χ1v) is 7.24. The van der Waals surface area contributed by atoms with Gasteiger partial charge < -0.3 is 0 Å². The van der Waals surface area contributed by atoms with Crippen molar-refractivity contribution in [2.45, 2.75) is 18.0 Å². The van der Waals surface area contributed by atoms with Crippen LogP contribution in [0.4, 0.5) is 19.1 Å². The predicted octanol–water partition coefficient (Wildman–Crippen LogP) is 2.59. The highest BCUT2D eigenvalue weighted by Crippen LogP contribution is 2.33. The molecule has 0 spiro atoms. The third kappa shape index (κ3) is 3.45. The summed E-state index contributed by atoms with van der Waals surface area (Å²) in [5, 5.41) is 5.58. The fourth-order valence-corrected chi connectivity index (χ4v) is 2.92. The van der Waals surface area contributed by atoms with Gasteiger partial charge in [-0.25, -0.2) is 13.1 Å². The van der Waals surface area contributed by atoms with Gasteiger partial charge in [-0.2, -0.15) is 18.2 Å². The number of aryl methyl sites for hydroxylation is 1. The molecule has 2 rings (SSSR count). The van der Waals surface area contributed by atoms with Crippen molar-refractivity contribution in [3.63, 3.8) is 0 Å². The molecule has 0 aliphatic carbocycles. The maximum absolute atomic E-state index is 12.6. The van der Waals surface area contributed by atoms with Gasteiger partial charge in [0.05, 0.1) is 10.6 Å². The van der Waals surface area contributed by atoms with Gasteiger partial charge in [-0.1, -0.05) is 11.6 Å². The van der Waals surface area contributed by atoms with Gasteiger partial charge >= 0.3 is 6.18 Å². The zero-order valence-corrected chi connectivity index (χ0v) is 11.9. The zero-order chi connectivity index (χ0) is 15.8. The Balaban J connectivity index is 2.44. The van der Waals surface area contributed by atoms with E-state index in [9.17, 15) is 21.6 Å². The lowest BCUT2D eigenvalue weighted by atomic mass is 10.2. The minimum atomic E-state index is -4.68. The fourth-order valence-electron chi connectivity index (χ4n) is 1.45. The molecule has 1 aromatic carbocycles. The van der Waals surface area contributed by atoms with Crippen LogP contribution in [0.5, 0.6) is 0 Å². The standard InChI is InChI=1S/C10H8ClF3N4O2S/c1-5-15-9(17-16-5)18-21(19,20)8-4-6(10(12,13)14)2-3-7(8)11/h2-4H,1H3,(H2,15,16,17,18). The summed E-state index contributed by atoms with van der Waals surface area (Å²) in [6.07, 6.45) is -4.68. The van der Waals surface area contributed by atoms with E-state index in [1.807, 2.05) is 4.72 Å². The first-order valence-electron chi connectivity index (χ1n) is 5.38. The molecule has 0 aliphatic heterocycles. The molecule has 0 bridgehead atoms. The number of aromatic amines is 1. The Kier molecular flexibility index (Phi) is 3.85. The molecule has 11 heteroatoms. The molecular weight excluding hydrogens is 333 g/mol. The molecule has 0 aliphatic rings. The Morgan fingerprint density at radius 2 is 2.00 bits per heavy atom. The normalized spacial score (nSPS) is 12.4. The van der Waals surface area contributed by atoms with E-state index in [2.05, 4.69) is 15.2 Å². The topological polar surface area (TPSA) is 87.7 Å². The molecule has 0 radical (unpaired) electrons. The van der Waals surface area contributed by atoms with Crippen molar-refractivity contribution in [3.05, 3.63) is 34.6 Å². The molecule has 0 atom stereocenters. The highest BCUT2D eigenvalue weighted by Gasteiger charge is 2.33. The van der Waals surface area contributed by atoms with E-state index in [1.165, 1.54) is 6.92 Å². The quantitative estimate of drug-likeness (QED) is 0.899. The maximum Gasteiger partial charge on any atom is 0.416 e. The van der Waals surface area contributed by atoms with Gasteiger partial charge in [-0.15, -0.1) is 5.10 Å². The van der Waals surface area contributed by atoms with E-state index in [1.54, 1.807) is 0 Å². The second kappa shape index (κ2) is 5.19. The van der Waals surface area contributed by atoms with E-state index in [0.717, 1.165) is 6.07 Å². The number of nitrogens with zero attached hydrogens (tertiary/aromatic N) is 2. The second-order valence-corrected chi connectivity index (χ2v) is 6.05. The molecule has 0 saturated heterocycles. The number of anilines is 1. The molecule has 21 heavy (non-hydrogen) atoms. The fraction of sp³-hybridized carbons (Fsp3) is 0.200. The van der Waals surface area contributed by atoms with Gasteiger partial charge in [0.25, 0.3) is 16.0 Å². The van der Waals surface area contributed by atoms with Gasteiger partial charge in [-0.05, 0) is 25.1 Å². The van der Waals surface area contributed by atoms with Crippen molar-refractivity contribution >= 4 is 27.6 Å². The van der Waals surface area contributed by atoms with Crippen LogP contribution in [0.2, 0.25) is 5.02 Å². The SMILES string of the molecule is Cc1nc(NS(=O)(=O)c2cc(C(F)(F)F)ccc2Cl)n[nH]1. The summed E-state index contributed by atoms with van der Waals surface area (Å²) in [5.41, 5.74) is -1.13. The molecule has 0 saturated carbocycles. The van der Waals surface area contributed by atoms with Crippen molar-refractivity contribution in [1.29, 1.82) is 0 Å². The van der Waals surface area contributed by atoms with Crippen LogP contribution in [0, 0.1) is 6.92 Å². The number of hydrogen-bond donors (Lipinski definition) is 2. The number of aromatic nitrogens is 3. The van der Waals surface area contributed by atoms with Crippen LogP contribution in [0.1, 0.15) is 11.4 Å². The minimum absolute atomic E-state index is 0.291. The molecule has 1 aromatic heterocycles. The predicted molar refractivity (Wildman–Crippen MR) is 68.4 cm³/mol. The van der Waals surface area contributed by atoms with Crippen LogP contribution in [0.15, 0.2) is 23.1 Å². The van der Waals surface area contributed by atoms with Crippen molar-refractivity contribution in [1.82, 2.24) is 15.2 Å². The number of H-pyrrole nitrogens is 1. The number of hydrogen-bond acceptors (Lipinski definition) is 4. The van der Waals surface area contributed by atoms with Crippen molar-refractivity contribution < 1.29 is 21.6 Å². The summed E-state index contributed by atoms with van der Waals surface area (Å²) in [6, 6.07) is 2.00. The average Bonchev–Trinajstić information content (AvgIpc) is 2.72. The maximum atomic E-state index is 12.6. The smallest absolute Gasteiger partial charge is 0.261 e. The van der Waals surface area contributed by atoms with E-state index in [0.29, 0.717) is 18.0 Å². The summed E-state index contributed by atoms with van der Waals surface area (Å²) < 4.78 is 63.9. The third-order valence-electron chi connectivity index (χ3n) is 2.37. The van der Waals surface area contributed by atoms with Gasteiger partial charge in [0.15, 0.2) is 0 Å². The second-order valence-electron chi connectivity index (χ2n) is 3.99. The molecule has 6 nitrogen and oxygen atoms in total. The molecule has 0 unspecified atom stereocenters. The summed E-state index contributed by atoms with van der Waals surface area (Å²) in [4.78, 5) is 2.99. The Labute approximate surface area is 122 Å². The summed E-state index contributed by atoms with van der Waals surface area (Å²) in [5.74, 6) is 0.0452. The van der Waals surface area contributed by atoms with E-state index < -0.39 is 26.7 Å². The Morgan fingerprint density at radius 3 is 2.52 bits per heavy atom. The number of rotatable bonds is 3. The van der Waals surface area contributed by atoms with E-state index in [-0.39, 0.29) is 11.0 Å². The van der Waals surface area contributed by atoms with Crippen LogP contribution in [0.25, 0.3) is 0 Å². The van der Waals surface area contributed by atoms with Gasteiger partial charge in [0.2, 0.25) is 0 Å². The summed E-state index contributed by atoms with van der Waals surface area (Å²) in [7, 11) is -4.34. The molecule has 1 heterocycles. The average molecular weight is 341 g/mol. The summed E-state index contributed by atoms with van der Waals surface area (Å²) in [6.45, 7) is 1.53. The highest BCUT2D eigenvalue weighted by molar-refractivity contribution is 7.92. The number of sulfonamides is 1. The van der Waals surface area contributed by atoms with E-state index in [4.69, 9.17) is 11.6 Å². The lowest BCUT2D eigenvalue weighted by Crippen LogP contribution is -2.16. The van der Waals surface area contributed by atoms with E-state index >= 15 is 0 Å². The molecule has 0 fully saturated rings. The Morgan fingerprint density at radius 1 is 1.33 bits per heavy atom. The van der Waals surface area contributed by atoms with Crippen molar-refractivity contribution in [2.75, 3.05) is 4.72 Å². The van der Waals surface area contributed by atoms with Crippen LogP contribution in [-0.4, -0.2) is 23.6 Å². The van der Waals surface area contributed by atoms with Crippen molar-refractivity contribution in [2.24, 2.45) is 0 Å². The third-order valence-corrected chi connectivity index (χ3v) is 4.18. The number of nitrogens with one attached hydrogen (secondary N) is 2. The number of benzene rings is 1. The first kappa shape index (κ1) is 15.6. The lowest BCUT2D eigenvalue weighted by molar-refractivity contribution is -0.137. The van der Waals surface area contributed by atoms with Gasteiger partial charge in [-0.3, -0.25) is 5.10 Å².